The molecule has 1 unspecified atom stereocenters. The van der Waals surface area contributed by atoms with Crippen molar-refractivity contribution < 1.29 is 4.79 Å². The van der Waals surface area contributed by atoms with Gasteiger partial charge in [-0.2, -0.15) is 5.10 Å². The number of nitrogens with one attached hydrogen (secondary N) is 3. The van der Waals surface area contributed by atoms with Crippen LogP contribution in [0.4, 0.5) is 5.69 Å². The molecule has 3 aromatic rings. The van der Waals surface area contributed by atoms with E-state index >= 15 is 0 Å². The zero-order valence-electron chi connectivity index (χ0n) is 20.1. The Bertz CT molecular complexity index is 1260. The van der Waals surface area contributed by atoms with Crippen LogP contribution in [-0.4, -0.2) is 46.3 Å². The summed E-state index contributed by atoms with van der Waals surface area (Å²) in [7, 11) is 5.66. The van der Waals surface area contributed by atoms with Crippen molar-refractivity contribution in [3.05, 3.63) is 77.2 Å². The first-order chi connectivity index (χ1) is 16.4. The van der Waals surface area contributed by atoms with Crippen LogP contribution in [0.25, 0.3) is 16.8 Å². The maximum absolute atomic E-state index is 11.9. The summed E-state index contributed by atoms with van der Waals surface area (Å²) in [6.45, 7) is 3.01. The number of rotatable bonds is 5. The molecule has 8 nitrogen and oxygen atoms in total. The third-order valence-corrected chi connectivity index (χ3v) is 6.66. The highest BCUT2D eigenvalue weighted by atomic mass is 16.1. The third-order valence-electron chi connectivity index (χ3n) is 6.66. The van der Waals surface area contributed by atoms with Crippen LogP contribution in [0.1, 0.15) is 36.1 Å². The minimum absolute atomic E-state index is 0.0105. The van der Waals surface area contributed by atoms with Gasteiger partial charge in [-0.1, -0.05) is 24.3 Å². The van der Waals surface area contributed by atoms with E-state index in [0.29, 0.717) is 6.42 Å². The predicted octanol–water partition coefficient (Wildman–Crippen LogP) is 3.29. The van der Waals surface area contributed by atoms with Crippen LogP contribution in [0.2, 0.25) is 0 Å². The molecule has 1 aromatic heterocycles. The summed E-state index contributed by atoms with van der Waals surface area (Å²) in [6, 6.07) is 15.0. The Balaban J connectivity index is 1.55. The topological polar surface area (TPSA) is 77.5 Å². The zero-order chi connectivity index (χ0) is 23.8. The first-order valence-corrected chi connectivity index (χ1v) is 11.6. The molecule has 0 radical (unpaired) electrons. The number of nitrogens with zero attached hydrogens (tertiary/aromatic N) is 4. The molecule has 2 aliphatic heterocycles. The number of amides is 1. The van der Waals surface area contributed by atoms with E-state index in [0.717, 1.165) is 35.3 Å². The fraction of sp³-hybridized carbons (Fsp3) is 0.308. The first-order valence-electron chi connectivity index (χ1n) is 11.6. The van der Waals surface area contributed by atoms with Gasteiger partial charge in [-0.3, -0.25) is 19.5 Å². The normalized spacial score (nSPS) is 17.4. The molecule has 8 heteroatoms. The van der Waals surface area contributed by atoms with Crippen molar-refractivity contribution in [3.8, 4) is 11.1 Å². The van der Waals surface area contributed by atoms with Gasteiger partial charge in [0.15, 0.2) is 0 Å². The zero-order valence-corrected chi connectivity index (χ0v) is 20.1. The number of hydrazine groups is 2. The smallest absolute Gasteiger partial charge is 0.224 e. The molecule has 0 aliphatic carbocycles. The molecule has 3 heterocycles. The Morgan fingerprint density at radius 2 is 2.03 bits per heavy atom. The van der Waals surface area contributed by atoms with Crippen molar-refractivity contribution in [2.45, 2.75) is 25.8 Å². The second-order valence-corrected chi connectivity index (χ2v) is 8.99. The first kappa shape index (κ1) is 22.0. The molecule has 2 aliphatic rings. The predicted molar refractivity (Wildman–Crippen MR) is 134 cm³/mol. The third kappa shape index (κ3) is 4.12. The fourth-order valence-corrected chi connectivity index (χ4v) is 4.79. The van der Waals surface area contributed by atoms with E-state index in [4.69, 9.17) is 0 Å². The van der Waals surface area contributed by atoms with Crippen molar-refractivity contribution >= 4 is 17.3 Å². The number of hydrogen-bond donors (Lipinski definition) is 3. The summed E-state index contributed by atoms with van der Waals surface area (Å²) in [5, 5.41) is 15.1. The van der Waals surface area contributed by atoms with Gasteiger partial charge < -0.3 is 10.6 Å². The molecule has 1 atom stereocenters. The van der Waals surface area contributed by atoms with Gasteiger partial charge in [0.1, 0.15) is 0 Å². The molecular weight excluding hydrogens is 426 g/mol. The van der Waals surface area contributed by atoms with Gasteiger partial charge in [0.25, 0.3) is 0 Å². The van der Waals surface area contributed by atoms with Gasteiger partial charge in [-0.15, -0.1) is 5.53 Å². The van der Waals surface area contributed by atoms with Crippen molar-refractivity contribution in [3.63, 3.8) is 0 Å². The highest BCUT2D eigenvalue weighted by Crippen LogP contribution is 2.40. The van der Waals surface area contributed by atoms with E-state index in [2.05, 4.69) is 68.5 Å². The highest BCUT2D eigenvalue weighted by molar-refractivity contribution is 5.79. The van der Waals surface area contributed by atoms with Crippen molar-refractivity contribution in [1.82, 2.24) is 30.6 Å². The molecule has 34 heavy (non-hydrogen) atoms. The van der Waals surface area contributed by atoms with Crippen LogP contribution in [-0.2, 0) is 18.3 Å². The lowest BCUT2D eigenvalue weighted by Crippen LogP contribution is -2.39. The van der Waals surface area contributed by atoms with E-state index in [1.54, 1.807) is 7.05 Å². The van der Waals surface area contributed by atoms with Crippen molar-refractivity contribution in [2.24, 2.45) is 7.05 Å². The molecule has 0 saturated heterocycles. The van der Waals surface area contributed by atoms with Crippen LogP contribution in [0, 0.1) is 0 Å². The van der Waals surface area contributed by atoms with Gasteiger partial charge in [0, 0.05) is 50.7 Å². The van der Waals surface area contributed by atoms with E-state index in [1.165, 1.54) is 22.5 Å². The van der Waals surface area contributed by atoms with Gasteiger partial charge in [0.2, 0.25) is 5.91 Å². The van der Waals surface area contributed by atoms with E-state index in [9.17, 15) is 4.79 Å². The number of anilines is 1. The highest BCUT2D eigenvalue weighted by Gasteiger charge is 2.32. The molecular formula is C26H31N7O. The van der Waals surface area contributed by atoms with Crippen molar-refractivity contribution in [1.29, 1.82) is 0 Å². The number of aryl methyl sites for hydroxylation is 1. The minimum atomic E-state index is 0.0105. The number of carbonyl (C=O) groups is 1. The second kappa shape index (κ2) is 8.87. The molecule has 0 bridgehead atoms. The SMILES string of the molecule is CNC(=O)Cc1cccc(NC2CCN3NN(C)C(C)=C3c3ccc(-c4cnn(C)c4)cc32)c1. The van der Waals surface area contributed by atoms with Crippen LogP contribution in [0.3, 0.4) is 0 Å². The molecule has 0 spiro atoms. The van der Waals surface area contributed by atoms with Crippen LogP contribution >= 0.6 is 0 Å². The maximum atomic E-state index is 11.9. The standard InChI is InChI=1S/C26H31N7O/c1-17-26-22-9-8-19(20-15-28-31(3)16-20)14-23(22)24(10-11-33(26)30-32(17)4)29-21-7-5-6-18(12-21)13-25(34)27-2/h5-9,12,14-16,24,29-30H,10-11,13H2,1-4H3,(H,27,34). The molecule has 176 valence electrons. The number of fused-ring (bicyclic) bond motifs is 3. The summed E-state index contributed by atoms with van der Waals surface area (Å²) < 4.78 is 1.83. The Morgan fingerprint density at radius 3 is 2.79 bits per heavy atom. The van der Waals surface area contributed by atoms with Crippen LogP contribution in [0.5, 0.6) is 0 Å². The Labute approximate surface area is 200 Å². The van der Waals surface area contributed by atoms with Gasteiger partial charge in [-0.25, -0.2) is 0 Å². The van der Waals surface area contributed by atoms with Crippen LogP contribution in [0.15, 0.2) is 60.6 Å². The molecule has 0 saturated carbocycles. The lowest BCUT2D eigenvalue weighted by molar-refractivity contribution is -0.119. The molecule has 5 rings (SSSR count). The summed E-state index contributed by atoms with van der Waals surface area (Å²) in [4.78, 5) is 11.9. The summed E-state index contributed by atoms with van der Waals surface area (Å²) >= 11 is 0. The Hall–Kier alpha value is -3.78. The average Bonchev–Trinajstić information content (AvgIpc) is 3.34. The number of carbonyl (C=O) groups excluding carboxylic acids is 1. The summed E-state index contributed by atoms with van der Waals surface area (Å²) in [5.74, 6) is 0.0105. The fourth-order valence-electron chi connectivity index (χ4n) is 4.79. The molecule has 2 aromatic carbocycles. The number of hydrogen-bond acceptors (Lipinski definition) is 6. The molecule has 0 fully saturated rings. The number of benzene rings is 2. The van der Waals surface area contributed by atoms with Gasteiger partial charge >= 0.3 is 0 Å². The van der Waals surface area contributed by atoms with Gasteiger partial charge in [-0.05, 0) is 48.2 Å². The lowest BCUT2D eigenvalue weighted by atomic mass is 9.93. The quantitative estimate of drug-likeness (QED) is 0.546. The van der Waals surface area contributed by atoms with E-state index < -0.39 is 0 Å². The monoisotopic (exact) mass is 457 g/mol. The Kier molecular flexibility index (Phi) is 5.75. The average molecular weight is 458 g/mol. The Morgan fingerprint density at radius 1 is 1.18 bits per heavy atom. The lowest BCUT2D eigenvalue weighted by Gasteiger charge is -2.23. The number of allylic oxidation sites excluding steroid dienone is 1. The number of likely N-dealkylation sites (N-methyl/N-ethyl adjacent to an activating group) is 1. The van der Waals surface area contributed by atoms with Crippen molar-refractivity contribution in [2.75, 3.05) is 26.0 Å². The second-order valence-electron chi connectivity index (χ2n) is 8.99. The summed E-state index contributed by atoms with van der Waals surface area (Å²) in [6.07, 6.45) is 5.24. The minimum Gasteiger partial charge on any atom is -0.378 e. The van der Waals surface area contributed by atoms with Crippen LogP contribution < -0.4 is 16.2 Å². The molecule has 3 N–H and O–H groups in total. The number of aromatic nitrogens is 2. The van der Waals surface area contributed by atoms with E-state index in [-0.39, 0.29) is 11.9 Å². The summed E-state index contributed by atoms with van der Waals surface area (Å²) in [5.41, 5.74) is 12.6. The maximum Gasteiger partial charge on any atom is 0.224 e. The largest absolute Gasteiger partial charge is 0.378 e. The van der Waals surface area contributed by atoms with E-state index in [1.807, 2.05) is 43.3 Å². The van der Waals surface area contributed by atoms with Gasteiger partial charge in [0.05, 0.1) is 30.1 Å². The molecule has 1 amide bonds.